The van der Waals surface area contributed by atoms with E-state index in [2.05, 4.69) is 15.3 Å². The van der Waals surface area contributed by atoms with Gasteiger partial charge in [-0.15, -0.1) is 0 Å². The summed E-state index contributed by atoms with van der Waals surface area (Å²) in [5, 5.41) is 2.43. The van der Waals surface area contributed by atoms with E-state index < -0.39 is 24.5 Å². The standard InChI is InChI=1S/C25H30F3N5O2/c1-17(34)33-8-6-18(7-9-33)10-22-11-23(31-16-30-22)24(35)29-12-21(25(26,27)28)15-32-13-19-4-2-3-5-20(19)14-32/h2-5,11,16,18,21H,6-10,12-15H2,1H3,(H,29,35)/t21-/m0/s1. The minimum atomic E-state index is -4.44. The maximum atomic E-state index is 13.7. The summed E-state index contributed by atoms with van der Waals surface area (Å²) < 4.78 is 41.2. The van der Waals surface area contributed by atoms with Crippen molar-refractivity contribution in [3.63, 3.8) is 0 Å². The highest BCUT2D eigenvalue weighted by Gasteiger charge is 2.41. The fraction of sp³-hybridized carbons (Fsp3) is 0.520. The Morgan fingerprint density at radius 1 is 1.11 bits per heavy atom. The SMILES string of the molecule is CC(=O)N1CCC(Cc2cc(C(=O)NC[C@@H](CN3Cc4ccccc4C3)C(F)(F)F)ncn2)CC1. The van der Waals surface area contributed by atoms with E-state index in [9.17, 15) is 22.8 Å². The molecular formula is C25H30F3N5O2. The van der Waals surface area contributed by atoms with Gasteiger partial charge in [0.25, 0.3) is 5.91 Å². The number of nitrogens with one attached hydrogen (secondary N) is 1. The molecule has 2 aromatic rings. The summed E-state index contributed by atoms with van der Waals surface area (Å²) in [5.41, 5.74) is 2.81. The van der Waals surface area contributed by atoms with Gasteiger partial charge < -0.3 is 10.2 Å². The lowest BCUT2D eigenvalue weighted by Gasteiger charge is -2.31. The number of benzene rings is 1. The molecule has 35 heavy (non-hydrogen) atoms. The molecule has 1 atom stereocenters. The summed E-state index contributed by atoms with van der Waals surface area (Å²) in [6, 6.07) is 9.17. The Morgan fingerprint density at radius 2 is 1.77 bits per heavy atom. The van der Waals surface area contributed by atoms with Gasteiger partial charge in [-0.25, -0.2) is 9.97 Å². The van der Waals surface area contributed by atoms with Crippen LogP contribution in [0.5, 0.6) is 0 Å². The Balaban J connectivity index is 1.31. The van der Waals surface area contributed by atoms with Gasteiger partial charge in [0, 0.05) is 51.9 Å². The molecule has 1 aromatic heterocycles. The van der Waals surface area contributed by atoms with Crippen LogP contribution in [0.3, 0.4) is 0 Å². The predicted octanol–water partition coefficient (Wildman–Crippen LogP) is 3.20. The van der Waals surface area contributed by atoms with Crippen molar-refractivity contribution >= 4 is 11.8 Å². The van der Waals surface area contributed by atoms with Crippen LogP contribution in [0.25, 0.3) is 0 Å². The molecule has 0 aliphatic carbocycles. The van der Waals surface area contributed by atoms with Crippen LogP contribution in [0.2, 0.25) is 0 Å². The molecular weight excluding hydrogens is 459 g/mol. The third-order valence-electron chi connectivity index (χ3n) is 6.87. The monoisotopic (exact) mass is 489 g/mol. The number of nitrogens with zero attached hydrogens (tertiary/aromatic N) is 4. The fourth-order valence-electron chi connectivity index (χ4n) is 4.82. The third-order valence-corrected chi connectivity index (χ3v) is 6.87. The number of likely N-dealkylation sites (tertiary alicyclic amines) is 1. The Labute approximate surface area is 202 Å². The van der Waals surface area contributed by atoms with E-state index in [4.69, 9.17) is 0 Å². The molecule has 4 rings (SSSR count). The number of piperidine rings is 1. The molecule has 1 saturated heterocycles. The van der Waals surface area contributed by atoms with Gasteiger partial charge in [-0.1, -0.05) is 24.3 Å². The van der Waals surface area contributed by atoms with Gasteiger partial charge in [0.2, 0.25) is 5.91 Å². The molecule has 2 aliphatic rings. The average molecular weight is 490 g/mol. The number of carbonyl (C=O) groups is 2. The van der Waals surface area contributed by atoms with Crippen LogP contribution in [0.1, 0.15) is 47.1 Å². The highest BCUT2D eigenvalue weighted by Crippen LogP contribution is 2.30. The molecule has 0 radical (unpaired) electrons. The van der Waals surface area contributed by atoms with Crippen LogP contribution < -0.4 is 5.32 Å². The van der Waals surface area contributed by atoms with Crippen LogP contribution in [-0.2, 0) is 24.3 Å². The first-order valence-electron chi connectivity index (χ1n) is 11.9. The van der Waals surface area contributed by atoms with Gasteiger partial charge in [-0.2, -0.15) is 13.2 Å². The van der Waals surface area contributed by atoms with Crippen molar-refractivity contribution in [1.29, 1.82) is 0 Å². The quantitative estimate of drug-likeness (QED) is 0.646. The highest BCUT2D eigenvalue weighted by molar-refractivity contribution is 5.92. The lowest BCUT2D eigenvalue weighted by molar-refractivity contribution is -0.177. The van der Waals surface area contributed by atoms with Gasteiger partial charge in [-0.3, -0.25) is 14.5 Å². The minimum Gasteiger partial charge on any atom is -0.350 e. The Morgan fingerprint density at radius 3 is 2.37 bits per heavy atom. The number of hydrogen-bond acceptors (Lipinski definition) is 5. The number of rotatable bonds is 7. The van der Waals surface area contributed by atoms with E-state index in [0.717, 1.165) is 24.0 Å². The smallest absolute Gasteiger partial charge is 0.350 e. The topological polar surface area (TPSA) is 78.4 Å². The summed E-state index contributed by atoms with van der Waals surface area (Å²) in [4.78, 5) is 35.9. The first-order chi connectivity index (χ1) is 16.7. The van der Waals surface area contributed by atoms with E-state index in [1.807, 2.05) is 29.2 Å². The maximum absolute atomic E-state index is 13.7. The molecule has 0 bridgehead atoms. The summed E-state index contributed by atoms with van der Waals surface area (Å²) in [5.74, 6) is -1.93. The molecule has 1 fully saturated rings. The fourth-order valence-corrected chi connectivity index (χ4v) is 4.82. The van der Waals surface area contributed by atoms with E-state index in [1.165, 1.54) is 6.33 Å². The van der Waals surface area contributed by atoms with Gasteiger partial charge in [0.15, 0.2) is 0 Å². The highest BCUT2D eigenvalue weighted by atomic mass is 19.4. The second-order valence-electron chi connectivity index (χ2n) is 9.44. The second kappa shape index (κ2) is 10.7. The molecule has 1 N–H and O–H groups in total. The van der Waals surface area contributed by atoms with Gasteiger partial charge in [0.1, 0.15) is 12.0 Å². The lowest BCUT2D eigenvalue weighted by Crippen LogP contribution is -2.42. The average Bonchev–Trinajstić information content (AvgIpc) is 3.24. The molecule has 1 aromatic carbocycles. The van der Waals surface area contributed by atoms with Crippen molar-refractivity contribution in [1.82, 2.24) is 25.1 Å². The Kier molecular flexibility index (Phi) is 7.69. The molecule has 0 saturated carbocycles. The van der Waals surface area contributed by atoms with E-state index in [1.54, 1.807) is 17.9 Å². The summed E-state index contributed by atoms with van der Waals surface area (Å²) >= 11 is 0. The van der Waals surface area contributed by atoms with Gasteiger partial charge in [0.05, 0.1) is 5.92 Å². The zero-order valence-electron chi connectivity index (χ0n) is 19.7. The molecule has 188 valence electrons. The van der Waals surface area contributed by atoms with Crippen LogP contribution in [0, 0.1) is 11.8 Å². The summed E-state index contributed by atoms with van der Waals surface area (Å²) in [6.45, 7) is 3.18. The van der Waals surface area contributed by atoms with Crippen LogP contribution in [0.15, 0.2) is 36.7 Å². The Bertz CT molecular complexity index is 1030. The lowest BCUT2D eigenvalue weighted by atomic mass is 9.92. The predicted molar refractivity (Wildman–Crippen MR) is 123 cm³/mol. The van der Waals surface area contributed by atoms with Crippen molar-refractivity contribution in [3.8, 4) is 0 Å². The normalized spacial score (nSPS) is 17.8. The van der Waals surface area contributed by atoms with E-state index in [-0.39, 0.29) is 18.1 Å². The minimum absolute atomic E-state index is 0.0608. The van der Waals surface area contributed by atoms with Crippen molar-refractivity contribution in [2.75, 3.05) is 26.2 Å². The van der Waals surface area contributed by atoms with E-state index in [0.29, 0.717) is 44.2 Å². The molecule has 0 unspecified atom stereocenters. The molecule has 7 nitrogen and oxygen atoms in total. The number of aromatic nitrogens is 2. The van der Waals surface area contributed by atoms with Crippen molar-refractivity contribution < 1.29 is 22.8 Å². The van der Waals surface area contributed by atoms with Crippen molar-refractivity contribution in [2.24, 2.45) is 11.8 Å². The molecule has 3 heterocycles. The van der Waals surface area contributed by atoms with Crippen molar-refractivity contribution in [3.05, 3.63) is 59.2 Å². The number of hydrogen-bond donors (Lipinski definition) is 1. The summed E-state index contributed by atoms with van der Waals surface area (Å²) in [7, 11) is 0. The second-order valence-corrected chi connectivity index (χ2v) is 9.44. The van der Waals surface area contributed by atoms with Gasteiger partial charge >= 0.3 is 6.18 Å². The Hall–Kier alpha value is -3.01. The summed E-state index contributed by atoms with van der Waals surface area (Å²) in [6.07, 6.45) is -0.835. The third kappa shape index (κ3) is 6.56. The van der Waals surface area contributed by atoms with Gasteiger partial charge in [-0.05, 0) is 42.4 Å². The molecule has 10 heteroatoms. The maximum Gasteiger partial charge on any atom is 0.394 e. The largest absolute Gasteiger partial charge is 0.394 e. The number of fused-ring (bicyclic) bond motifs is 1. The zero-order chi connectivity index (χ0) is 25.0. The number of carbonyl (C=O) groups excluding carboxylic acids is 2. The first kappa shape index (κ1) is 25.1. The van der Waals surface area contributed by atoms with E-state index >= 15 is 0 Å². The first-order valence-corrected chi connectivity index (χ1v) is 11.9. The zero-order valence-corrected chi connectivity index (χ0v) is 19.7. The number of amides is 2. The van der Waals surface area contributed by atoms with Crippen LogP contribution >= 0.6 is 0 Å². The number of halogens is 3. The number of alkyl halides is 3. The molecule has 2 aliphatic heterocycles. The van der Waals surface area contributed by atoms with Crippen LogP contribution in [-0.4, -0.2) is 63.9 Å². The molecule has 0 spiro atoms. The van der Waals surface area contributed by atoms with Crippen molar-refractivity contribution in [2.45, 2.75) is 45.5 Å². The molecule has 2 amide bonds. The van der Waals surface area contributed by atoms with Crippen LogP contribution in [0.4, 0.5) is 13.2 Å².